The SMILES string of the molecule is COc1ccc2c(c1)CC(NC(=O)c1c(C)coc1CC(=O)O)CC2. The number of benzene rings is 1. The lowest BCUT2D eigenvalue weighted by Gasteiger charge is -2.26. The number of amides is 1. The van der Waals surface area contributed by atoms with Gasteiger partial charge in [0.2, 0.25) is 0 Å². The Kier molecular flexibility index (Phi) is 4.79. The molecule has 1 aromatic carbocycles. The molecule has 1 unspecified atom stereocenters. The van der Waals surface area contributed by atoms with E-state index in [1.165, 1.54) is 17.4 Å². The van der Waals surface area contributed by atoms with Crippen molar-refractivity contribution in [2.45, 2.75) is 38.6 Å². The molecule has 3 rings (SSSR count). The number of aliphatic carboxylic acids is 1. The number of carboxylic acid groups (broad SMARTS) is 1. The number of ether oxygens (including phenoxy) is 1. The molecule has 1 amide bonds. The van der Waals surface area contributed by atoms with Gasteiger partial charge in [-0.05, 0) is 49.4 Å². The van der Waals surface area contributed by atoms with Crippen LogP contribution in [0.1, 0.15) is 39.2 Å². The van der Waals surface area contributed by atoms with Gasteiger partial charge in [-0.3, -0.25) is 9.59 Å². The van der Waals surface area contributed by atoms with Gasteiger partial charge in [0.1, 0.15) is 17.9 Å². The van der Waals surface area contributed by atoms with Crippen LogP contribution in [0.15, 0.2) is 28.9 Å². The number of nitrogens with one attached hydrogen (secondary N) is 1. The predicted octanol–water partition coefficient (Wildman–Crippen LogP) is 2.51. The molecule has 0 radical (unpaired) electrons. The normalized spacial score (nSPS) is 16.2. The maximum Gasteiger partial charge on any atom is 0.311 e. The molecule has 1 aliphatic rings. The summed E-state index contributed by atoms with van der Waals surface area (Å²) in [7, 11) is 1.63. The summed E-state index contributed by atoms with van der Waals surface area (Å²) in [6.07, 6.45) is 3.58. The summed E-state index contributed by atoms with van der Waals surface area (Å²) in [5, 5.41) is 12.0. The van der Waals surface area contributed by atoms with E-state index in [0.717, 1.165) is 25.0 Å². The fourth-order valence-electron chi connectivity index (χ4n) is 3.31. The number of hydrogen-bond donors (Lipinski definition) is 2. The lowest BCUT2D eigenvalue weighted by Crippen LogP contribution is -2.39. The van der Waals surface area contributed by atoms with Crippen molar-refractivity contribution in [2.75, 3.05) is 7.11 Å². The molecule has 1 aromatic heterocycles. The summed E-state index contributed by atoms with van der Waals surface area (Å²) in [6.45, 7) is 1.74. The zero-order valence-electron chi connectivity index (χ0n) is 14.3. The minimum Gasteiger partial charge on any atom is -0.497 e. The fraction of sp³-hybridized carbons (Fsp3) is 0.368. The van der Waals surface area contributed by atoms with E-state index < -0.39 is 5.97 Å². The van der Waals surface area contributed by atoms with Gasteiger partial charge in [-0.1, -0.05) is 6.07 Å². The molecule has 132 valence electrons. The lowest BCUT2D eigenvalue weighted by atomic mass is 9.88. The number of aryl methyl sites for hydroxylation is 2. The number of methoxy groups -OCH3 is 1. The summed E-state index contributed by atoms with van der Waals surface area (Å²) in [6, 6.07) is 6.02. The molecule has 1 aliphatic carbocycles. The fourth-order valence-corrected chi connectivity index (χ4v) is 3.31. The molecule has 6 nitrogen and oxygen atoms in total. The van der Waals surface area contributed by atoms with Crippen LogP contribution in [0.3, 0.4) is 0 Å². The molecule has 0 saturated heterocycles. The zero-order valence-corrected chi connectivity index (χ0v) is 14.3. The van der Waals surface area contributed by atoms with Crippen LogP contribution in [-0.4, -0.2) is 30.1 Å². The Morgan fingerprint density at radius 3 is 2.88 bits per heavy atom. The minimum atomic E-state index is -1.03. The third-order valence-corrected chi connectivity index (χ3v) is 4.57. The van der Waals surface area contributed by atoms with Gasteiger partial charge in [0, 0.05) is 11.6 Å². The van der Waals surface area contributed by atoms with Gasteiger partial charge in [-0.25, -0.2) is 0 Å². The molecule has 0 fully saturated rings. The van der Waals surface area contributed by atoms with Crippen LogP contribution in [0.2, 0.25) is 0 Å². The Morgan fingerprint density at radius 1 is 1.36 bits per heavy atom. The van der Waals surface area contributed by atoms with Crippen molar-refractivity contribution in [3.8, 4) is 5.75 Å². The van der Waals surface area contributed by atoms with E-state index in [9.17, 15) is 9.59 Å². The number of fused-ring (bicyclic) bond motifs is 1. The number of hydrogen-bond acceptors (Lipinski definition) is 4. The summed E-state index contributed by atoms with van der Waals surface area (Å²) >= 11 is 0. The first-order valence-electron chi connectivity index (χ1n) is 8.23. The van der Waals surface area contributed by atoms with Crippen LogP contribution < -0.4 is 10.1 Å². The van der Waals surface area contributed by atoms with Gasteiger partial charge < -0.3 is 19.6 Å². The Balaban J connectivity index is 1.74. The Hall–Kier alpha value is -2.76. The van der Waals surface area contributed by atoms with Gasteiger partial charge in [0.15, 0.2) is 0 Å². The highest BCUT2D eigenvalue weighted by Crippen LogP contribution is 2.26. The van der Waals surface area contributed by atoms with Crippen molar-refractivity contribution in [3.05, 3.63) is 52.5 Å². The van der Waals surface area contributed by atoms with Crippen LogP contribution >= 0.6 is 0 Å². The van der Waals surface area contributed by atoms with E-state index in [-0.39, 0.29) is 24.1 Å². The van der Waals surface area contributed by atoms with Crippen molar-refractivity contribution >= 4 is 11.9 Å². The van der Waals surface area contributed by atoms with Crippen molar-refractivity contribution in [2.24, 2.45) is 0 Å². The molecular formula is C19H21NO5. The van der Waals surface area contributed by atoms with Crippen LogP contribution in [-0.2, 0) is 24.1 Å². The maximum atomic E-state index is 12.6. The van der Waals surface area contributed by atoms with Gasteiger partial charge in [0.25, 0.3) is 5.91 Å². The van der Waals surface area contributed by atoms with E-state index in [0.29, 0.717) is 11.1 Å². The quantitative estimate of drug-likeness (QED) is 0.871. The monoisotopic (exact) mass is 343 g/mol. The lowest BCUT2D eigenvalue weighted by molar-refractivity contribution is -0.136. The number of carboxylic acids is 1. The predicted molar refractivity (Wildman–Crippen MR) is 91.1 cm³/mol. The average Bonchev–Trinajstić information content (AvgIpc) is 2.93. The number of furan rings is 1. The largest absolute Gasteiger partial charge is 0.497 e. The van der Waals surface area contributed by atoms with Gasteiger partial charge in [0.05, 0.1) is 18.9 Å². The van der Waals surface area contributed by atoms with E-state index in [1.54, 1.807) is 14.0 Å². The van der Waals surface area contributed by atoms with Gasteiger partial charge >= 0.3 is 5.97 Å². The van der Waals surface area contributed by atoms with E-state index in [4.69, 9.17) is 14.3 Å². The molecular weight excluding hydrogens is 322 g/mol. The average molecular weight is 343 g/mol. The van der Waals surface area contributed by atoms with E-state index >= 15 is 0 Å². The van der Waals surface area contributed by atoms with Crippen LogP contribution in [0.5, 0.6) is 5.75 Å². The molecule has 25 heavy (non-hydrogen) atoms. The topological polar surface area (TPSA) is 88.8 Å². The number of carbonyl (C=O) groups is 2. The molecule has 0 aliphatic heterocycles. The minimum absolute atomic E-state index is 0.000848. The van der Waals surface area contributed by atoms with E-state index in [1.807, 2.05) is 12.1 Å². The molecule has 2 N–H and O–H groups in total. The summed E-state index contributed by atoms with van der Waals surface area (Å²) < 4.78 is 10.5. The third-order valence-electron chi connectivity index (χ3n) is 4.57. The molecule has 1 atom stereocenters. The summed E-state index contributed by atoms with van der Waals surface area (Å²) in [5.74, 6) is -0.304. The summed E-state index contributed by atoms with van der Waals surface area (Å²) in [4.78, 5) is 23.6. The van der Waals surface area contributed by atoms with Crippen molar-refractivity contribution in [3.63, 3.8) is 0 Å². The molecule has 0 spiro atoms. The van der Waals surface area contributed by atoms with Crippen molar-refractivity contribution < 1.29 is 23.8 Å². The standard InChI is InChI=1S/C19H21NO5/c1-11-10-25-16(9-17(21)22)18(11)19(23)20-14-5-3-12-4-6-15(24-2)8-13(12)7-14/h4,6,8,10,14H,3,5,7,9H2,1-2H3,(H,20,23)(H,21,22). The van der Waals surface area contributed by atoms with Crippen molar-refractivity contribution in [1.29, 1.82) is 0 Å². The summed E-state index contributed by atoms with van der Waals surface area (Å²) in [5.41, 5.74) is 3.42. The van der Waals surface area contributed by atoms with Crippen LogP contribution in [0, 0.1) is 6.92 Å². The first-order chi connectivity index (χ1) is 12.0. The maximum absolute atomic E-state index is 12.6. The third kappa shape index (κ3) is 3.68. The highest BCUT2D eigenvalue weighted by molar-refractivity contribution is 5.97. The Bertz CT molecular complexity index is 808. The molecule has 0 bridgehead atoms. The number of carbonyl (C=O) groups excluding carboxylic acids is 1. The highest BCUT2D eigenvalue weighted by Gasteiger charge is 2.25. The second-order valence-electron chi connectivity index (χ2n) is 6.34. The second kappa shape index (κ2) is 7.01. The molecule has 0 saturated carbocycles. The van der Waals surface area contributed by atoms with Gasteiger partial charge in [-0.2, -0.15) is 0 Å². The molecule has 6 heteroatoms. The van der Waals surface area contributed by atoms with Crippen LogP contribution in [0.4, 0.5) is 0 Å². The highest BCUT2D eigenvalue weighted by atomic mass is 16.5. The molecule has 2 aromatic rings. The smallest absolute Gasteiger partial charge is 0.311 e. The Morgan fingerprint density at radius 2 is 2.16 bits per heavy atom. The first kappa shape index (κ1) is 17.1. The van der Waals surface area contributed by atoms with Crippen molar-refractivity contribution in [1.82, 2.24) is 5.32 Å². The van der Waals surface area contributed by atoms with E-state index in [2.05, 4.69) is 11.4 Å². The van der Waals surface area contributed by atoms with Gasteiger partial charge in [-0.15, -0.1) is 0 Å². The van der Waals surface area contributed by atoms with Crippen LogP contribution in [0.25, 0.3) is 0 Å². The second-order valence-corrected chi connectivity index (χ2v) is 6.34. The Labute approximate surface area is 145 Å². The zero-order chi connectivity index (χ0) is 18.0. The first-order valence-corrected chi connectivity index (χ1v) is 8.23. The number of rotatable bonds is 5. The molecule has 1 heterocycles.